The van der Waals surface area contributed by atoms with Crippen molar-refractivity contribution in [2.75, 3.05) is 18.0 Å². The summed E-state index contributed by atoms with van der Waals surface area (Å²) in [6.45, 7) is 6.62. The third-order valence-electron chi connectivity index (χ3n) is 3.23. The van der Waals surface area contributed by atoms with Crippen LogP contribution >= 0.6 is 11.3 Å². The van der Waals surface area contributed by atoms with E-state index in [0.29, 0.717) is 0 Å². The molecule has 96 valence electrons. The van der Waals surface area contributed by atoms with Gasteiger partial charge in [-0.1, -0.05) is 24.7 Å². The van der Waals surface area contributed by atoms with Gasteiger partial charge in [-0.15, -0.1) is 0 Å². The molecule has 0 aromatic carbocycles. The number of rotatable bonds is 7. The molecule has 0 unspecified atom stereocenters. The van der Waals surface area contributed by atoms with Gasteiger partial charge in [0.25, 0.3) is 0 Å². The zero-order valence-electron chi connectivity index (χ0n) is 10.8. The maximum Gasteiger partial charge on any atom is 0.185 e. The second-order valence-corrected chi connectivity index (χ2v) is 5.82. The van der Waals surface area contributed by atoms with Gasteiger partial charge in [0.15, 0.2) is 5.13 Å². The van der Waals surface area contributed by atoms with Crippen molar-refractivity contribution in [2.24, 2.45) is 5.92 Å². The monoisotopic (exact) mass is 254 g/mol. The average molecular weight is 254 g/mol. The van der Waals surface area contributed by atoms with Gasteiger partial charge >= 0.3 is 0 Å². The lowest BCUT2D eigenvalue weighted by Crippen LogP contribution is -2.24. The molecule has 1 aromatic heterocycles. The Hall–Kier alpha value is -0.610. The van der Waals surface area contributed by atoms with Crippen LogP contribution < -0.4 is 4.90 Å². The van der Waals surface area contributed by atoms with E-state index in [4.69, 9.17) is 4.98 Å². The third kappa shape index (κ3) is 3.19. The van der Waals surface area contributed by atoms with Crippen molar-refractivity contribution >= 4 is 16.5 Å². The SMILES string of the molecule is CCCc1nc(N(CC)CC2CC2)sc1CO. The molecule has 1 aliphatic rings. The topological polar surface area (TPSA) is 36.4 Å². The molecule has 1 heterocycles. The Labute approximate surface area is 107 Å². The highest BCUT2D eigenvalue weighted by molar-refractivity contribution is 7.15. The van der Waals surface area contributed by atoms with E-state index in [9.17, 15) is 5.11 Å². The van der Waals surface area contributed by atoms with Gasteiger partial charge < -0.3 is 10.0 Å². The van der Waals surface area contributed by atoms with Gasteiger partial charge in [0.05, 0.1) is 17.2 Å². The Bertz CT molecular complexity index is 360. The number of hydrogen-bond acceptors (Lipinski definition) is 4. The molecule has 0 aliphatic heterocycles. The number of hydrogen-bond donors (Lipinski definition) is 1. The number of aromatic nitrogens is 1. The molecule has 2 rings (SSSR count). The lowest BCUT2D eigenvalue weighted by atomic mass is 10.2. The summed E-state index contributed by atoms with van der Waals surface area (Å²) in [7, 11) is 0. The average Bonchev–Trinajstić information content (AvgIpc) is 3.07. The summed E-state index contributed by atoms with van der Waals surface area (Å²) in [5, 5.41) is 10.5. The van der Waals surface area contributed by atoms with Gasteiger partial charge in [-0.05, 0) is 32.1 Å². The van der Waals surface area contributed by atoms with Gasteiger partial charge in [-0.25, -0.2) is 4.98 Å². The second kappa shape index (κ2) is 5.83. The van der Waals surface area contributed by atoms with Crippen LogP contribution in [0.15, 0.2) is 0 Å². The first-order valence-electron chi connectivity index (χ1n) is 6.62. The molecule has 3 nitrogen and oxygen atoms in total. The Morgan fingerprint density at radius 3 is 2.71 bits per heavy atom. The largest absolute Gasteiger partial charge is 0.391 e. The van der Waals surface area contributed by atoms with Crippen molar-refractivity contribution in [3.05, 3.63) is 10.6 Å². The van der Waals surface area contributed by atoms with Crippen LogP contribution in [-0.2, 0) is 13.0 Å². The van der Waals surface area contributed by atoms with Gasteiger partial charge in [0, 0.05) is 13.1 Å². The van der Waals surface area contributed by atoms with Crippen molar-refractivity contribution in [2.45, 2.75) is 46.1 Å². The minimum atomic E-state index is 0.133. The first-order valence-corrected chi connectivity index (χ1v) is 7.44. The van der Waals surface area contributed by atoms with Crippen LogP contribution in [0, 0.1) is 5.92 Å². The normalized spacial score (nSPS) is 15.2. The van der Waals surface area contributed by atoms with Gasteiger partial charge in [-0.2, -0.15) is 0 Å². The Morgan fingerprint density at radius 2 is 2.18 bits per heavy atom. The van der Waals surface area contributed by atoms with Crippen molar-refractivity contribution in [3.63, 3.8) is 0 Å². The van der Waals surface area contributed by atoms with E-state index in [2.05, 4.69) is 18.7 Å². The Morgan fingerprint density at radius 1 is 1.41 bits per heavy atom. The fourth-order valence-corrected chi connectivity index (χ4v) is 3.05. The van der Waals surface area contributed by atoms with E-state index in [-0.39, 0.29) is 6.61 Å². The molecule has 1 saturated carbocycles. The molecule has 1 aromatic rings. The lowest BCUT2D eigenvalue weighted by Gasteiger charge is -2.19. The minimum Gasteiger partial charge on any atom is -0.391 e. The second-order valence-electron chi connectivity index (χ2n) is 4.76. The molecule has 0 bridgehead atoms. The van der Waals surface area contributed by atoms with E-state index in [1.54, 1.807) is 11.3 Å². The van der Waals surface area contributed by atoms with Crippen LogP contribution in [0.1, 0.15) is 43.7 Å². The van der Waals surface area contributed by atoms with Crippen LogP contribution in [0.3, 0.4) is 0 Å². The standard InChI is InChI=1S/C13H22N2OS/c1-3-5-11-12(9-16)17-13(14-11)15(4-2)8-10-6-7-10/h10,16H,3-9H2,1-2H3. The van der Waals surface area contributed by atoms with Crippen LogP contribution in [-0.4, -0.2) is 23.2 Å². The molecule has 0 radical (unpaired) electrons. The molecule has 0 atom stereocenters. The highest BCUT2D eigenvalue weighted by atomic mass is 32.1. The van der Waals surface area contributed by atoms with E-state index in [1.807, 2.05) is 0 Å². The fourth-order valence-electron chi connectivity index (χ4n) is 2.02. The number of nitrogens with zero attached hydrogens (tertiary/aromatic N) is 2. The third-order valence-corrected chi connectivity index (χ3v) is 4.37. The molecule has 0 spiro atoms. The van der Waals surface area contributed by atoms with Crippen LogP contribution in [0.5, 0.6) is 0 Å². The Balaban J connectivity index is 2.11. The molecule has 4 heteroatoms. The zero-order valence-corrected chi connectivity index (χ0v) is 11.6. The van der Waals surface area contributed by atoms with E-state index in [1.165, 1.54) is 12.8 Å². The molecule has 1 fully saturated rings. The van der Waals surface area contributed by atoms with Crippen molar-refractivity contribution in [1.82, 2.24) is 4.98 Å². The van der Waals surface area contributed by atoms with Gasteiger partial charge in [-0.3, -0.25) is 0 Å². The smallest absolute Gasteiger partial charge is 0.185 e. The number of anilines is 1. The quantitative estimate of drug-likeness (QED) is 0.813. The van der Waals surface area contributed by atoms with Crippen LogP contribution in [0.25, 0.3) is 0 Å². The highest BCUT2D eigenvalue weighted by Crippen LogP contribution is 2.33. The zero-order chi connectivity index (χ0) is 12.3. The summed E-state index contributed by atoms with van der Waals surface area (Å²) in [4.78, 5) is 8.12. The molecular formula is C13H22N2OS. The highest BCUT2D eigenvalue weighted by Gasteiger charge is 2.25. The molecular weight excluding hydrogens is 232 g/mol. The number of thiazole rings is 1. The van der Waals surface area contributed by atoms with Crippen LogP contribution in [0.4, 0.5) is 5.13 Å². The van der Waals surface area contributed by atoms with Crippen molar-refractivity contribution < 1.29 is 5.11 Å². The molecule has 17 heavy (non-hydrogen) atoms. The number of aliphatic hydroxyl groups excluding tert-OH is 1. The molecule has 1 aliphatic carbocycles. The summed E-state index contributed by atoms with van der Waals surface area (Å²) >= 11 is 1.67. The van der Waals surface area contributed by atoms with E-state index in [0.717, 1.165) is 47.6 Å². The summed E-state index contributed by atoms with van der Waals surface area (Å²) < 4.78 is 0. The summed E-state index contributed by atoms with van der Waals surface area (Å²) in [5.41, 5.74) is 1.10. The molecule has 0 amide bonds. The van der Waals surface area contributed by atoms with E-state index >= 15 is 0 Å². The summed E-state index contributed by atoms with van der Waals surface area (Å²) in [6.07, 6.45) is 4.81. The number of aliphatic hydroxyl groups is 1. The Kier molecular flexibility index (Phi) is 4.40. The predicted octanol–water partition coefficient (Wildman–Crippen LogP) is 2.82. The van der Waals surface area contributed by atoms with Crippen LogP contribution in [0.2, 0.25) is 0 Å². The van der Waals surface area contributed by atoms with Crippen molar-refractivity contribution in [1.29, 1.82) is 0 Å². The summed E-state index contributed by atoms with van der Waals surface area (Å²) in [5.74, 6) is 0.881. The maximum atomic E-state index is 9.36. The van der Waals surface area contributed by atoms with E-state index < -0.39 is 0 Å². The van der Waals surface area contributed by atoms with Crippen molar-refractivity contribution in [3.8, 4) is 0 Å². The molecule has 0 saturated heterocycles. The lowest BCUT2D eigenvalue weighted by molar-refractivity contribution is 0.284. The fraction of sp³-hybridized carbons (Fsp3) is 0.769. The first-order chi connectivity index (χ1) is 8.28. The van der Waals surface area contributed by atoms with Gasteiger partial charge in [0.1, 0.15) is 0 Å². The summed E-state index contributed by atoms with van der Waals surface area (Å²) in [6, 6.07) is 0. The number of aryl methyl sites for hydroxylation is 1. The first kappa shape index (κ1) is 12.8. The maximum absolute atomic E-state index is 9.36. The predicted molar refractivity (Wildman–Crippen MR) is 72.6 cm³/mol. The van der Waals surface area contributed by atoms with Gasteiger partial charge in [0.2, 0.25) is 0 Å². The molecule has 1 N–H and O–H groups in total. The minimum absolute atomic E-state index is 0.133.